The molecule has 29 heavy (non-hydrogen) atoms. The van der Waals surface area contributed by atoms with E-state index in [9.17, 15) is 32.9 Å². The van der Waals surface area contributed by atoms with Crippen LogP contribution in [0.4, 0.5) is 40.7 Å². The van der Waals surface area contributed by atoms with Crippen LogP contribution in [0.5, 0.6) is 0 Å². The highest BCUT2D eigenvalue weighted by molar-refractivity contribution is 5.93. The Bertz CT molecular complexity index is 934. The number of anilines is 3. The van der Waals surface area contributed by atoms with Crippen LogP contribution in [0.3, 0.4) is 0 Å². The predicted molar refractivity (Wildman–Crippen MR) is 99.5 cm³/mol. The number of nitro groups is 1. The van der Waals surface area contributed by atoms with Crippen LogP contribution in [-0.4, -0.2) is 23.4 Å². The highest BCUT2D eigenvalue weighted by Gasteiger charge is 2.33. The number of benzene rings is 2. The highest BCUT2D eigenvalue weighted by Crippen LogP contribution is 2.34. The smallest absolute Gasteiger partial charge is 0.379 e. The van der Waals surface area contributed by atoms with Crippen LogP contribution >= 0.6 is 0 Å². The Labute approximate surface area is 162 Å². The monoisotopic (exact) mass is 411 g/mol. The van der Waals surface area contributed by atoms with Crippen molar-refractivity contribution in [3.05, 3.63) is 58.1 Å². The molecule has 2 aromatic rings. The maximum Gasteiger partial charge on any atom is 0.416 e. The molecule has 0 saturated heterocycles. The van der Waals surface area contributed by atoms with E-state index in [-0.39, 0.29) is 18.7 Å². The number of urea groups is 1. The van der Waals surface area contributed by atoms with Crippen LogP contribution < -0.4 is 21.7 Å². The fraction of sp³-hybridized carbons (Fsp3) is 0.176. The fourth-order valence-corrected chi connectivity index (χ4v) is 2.36. The van der Waals surface area contributed by atoms with Gasteiger partial charge in [0.1, 0.15) is 5.69 Å². The van der Waals surface area contributed by atoms with Crippen molar-refractivity contribution in [2.45, 2.75) is 12.6 Å². The molecule has 0 aliphatic carbocycles. The molecule has 9 nitrogen and oxygen atoms in total. The Morgan fingerprint density at radius 2 is 1.72 bits per heavy atom. The summed E-state index contributed by atoms with van der Waals surface area (Å²) >= 11 is 0. The van der Waals surface area contributed by atoms with Gasteiger partial charge >= 0.3 is 12.2 Å². The van der Waals surface area contributed by atoms with Gasteiger partial charge in [0.05, 0.1) is 10.5 Å². The van der Waals surface area contributed by atoms with E-state index in [1.807, 2.05) is 0 Å². The number of alkyl halides is 3. The molecule has 2 aromatic carbocycles. The number of rotatable bonds is 7. The van der Waals surface area contributed by atoms with Crippen molar-refractivity contribution in [1.29, 1.82) is 0 Å². The molecule has 3 amide bonds. The van der Waals surface area contributed by atoms with Gasteiger partial charge in [-0.25, -0.2) is 4.79 Å². The lowest BCUT2D eigenvalue weighted by molar-refractivity contribution is -0.384. The van der Waals surface area contributed by atoms with Crippen LogP contribution in [0.2, 0.25) is 0 Å². The third-order valence-electron chi connectivity index (χ3n) is 3.60. The van der Waals surface area contributed by atoms with Gasteiger partial charge in [0.25, 0.3) is 5.69 Å². The van der Waals surface area contributed by atoms with Gasteiger partial charge in [-0.3, -0.25) is 14.9 Å². The van der Waals surface area contributed by atoms with Crippen molar-refractivity contribution in [2.75, 3.05) is 22.5 Å². The molecule has 0 aromatic heterocycles. The van der Waals surface area contributed by atoms with Crippen LogP contribution in [-0.2, 0) is 11.0 Å². The molecule has 12 heteroatoms. The Balaban J connectivity index is 1.97. The minimum Gasteiger partial charge on any atom is -0.379 e. The Kier molecular flexibility index (Phi) is 6.59. The van der Waals surface area contributed by atoms with E-state index < -0.39 is 34.3 Å². The lowest BCUT2D eigenvalue weighted by Gasteiger charge is -2.11. The van der Waals surface area contributed by atoms with Gasteiger partial charge in [0.15, 0.2) is 0 Å². The molecular formula is C17H16F3N5O4. The van der Waals surface area contributed by atoms with E-state index in [2.05, 4.69) is 16.0 Å². The van der Waals surface area contributed by atoms with E-state index in [0.29, 0.717) is 23.5 Å². The van der Waals surface area contributed by atoms with Crippen molar-refractivity contribution in [1.82, 2.24) is 0 Å². The summed E-state index contributed by atoms with van der Waals surface area (Å²) in [6.07, 6.45) is -4.83. The summed E-state index contributed by atoms with van der Waals surface area (Å²) in [5, 5.41) is 18.5. The molecule has 0 atom stereocenters. The standard InChI is InChI=1S/C17H16F3N5O4/c18-17(19,20)10-4-5-13(14(8-10)25(28)29)22-7-6-15(26)23-11-2-1-3-12(9-11)24-16(21)27/h1-5,8-9,22H,6-7H2,(H,23,26)(H3,21,24,27). The van der Waals surface area contributed by atoms with E-state index in [0.717, 1.165) is 6.07 Å². The number of amides is 3. The van der Waals surface area contributed by atoms with Crippen molar-refractivity contribution in [3.8, 4) is 0 Å². The average molecular weight is 411 g/mol. The first kappa shape index (κ1) is 21.5. The molecule has 154 valence electrons. The number of primary amides is 1. The molecule has 0 spiro atoms. The summed E-state index contributed by atoms with van der Waals surface area (Å²) in [5.74, 6) is -0.455. The zero-order chi connectivity index (χ0) is 21.6. The van der Waals surface area contributed by atoms with Crippen LogP contribution in [0, 0.1) is 10.1 Å². The topological polar surface area (TPSA) is 139 Å². The lowest BCUT2D eigenvalue weighted by atomic mass is 10.1. The number of halogens is 3. The van der Waals surface area contributed by atoms with Gasteiger partial charge in [-0.05, 0) is 30.3 Å². The predicted octanol–water partition coefficient (Wildman–Crippen LogP) is 3.54. The van der Waals surface area contributed by atoms with Gasteiger partial charge in [0, 0.05) is 30.4 Å². The third kappa shape index (κ3) is 6.37. The molecule has 0 aliphatic heterocycles. The molecule has 0 fully saturated rings. The molecular weight excluding hydrogens is 395 g/mol. The lowest BCUT2D eigenvalue weighted by Crippen LogP contribution is -2.20. The molecule has 0 aliphatic rings. The van der Waals surface area contributed by atoms with Crippen molar-refractivity contribution >= 4 is 34.7 Å². The molecule has 0 radical (unpaired) electrons. The Morgan fingerprint density at radius 1 is 1.07 bits per heavy atom. The summed E-state index contributed by atoms with van der Waals surface area (Å²) in [6, 6.07) is 7.49. The molecule has 0 unspecified atom stereocenters. The van der Waals surface area contributed by atoms with Gasteiger partial charge in [0.2, 0.25) is 5.91 Å². The van der Waals surface area contributed by atoms with Crippen LogP contribution in [0.25, 0.3) is 0 Å². The largest absolute Gasteiger partial charge is 0.416 e. The first-order valence-electron chi connectivity index (χ1n) is 8.12. The van der Waals surface area contributed by atoms with Crippen LogP contribution in [0.1, 0.15) is 12.0 Å². The number of nitrogens with one attached hydrogen (secondary N) is 3. The number of nitrogens with two attached hydrogens (primary N) is 1. The van der Waals surface area contributed by atoms with E-state index >= 15 is 0 Å². The van der Waals surface area contributed by atoms with Gasteiger partial charge in [-0.15, -0.1) is 0 Å². The van der Waals surface area contributed by atoms with Crippen molar-refractivity contribution < 1.29 is 27.7 Å². The minimum atomic E-state index is -4.71. The zero-order valence-corrected chi connectivity index (χ0v) is 14.7. The number of carbonyl (C=O) groups is 2. The summed E-state index contributed by atoms with van der Waals surface area (Å²) in [5.41, 5.74) is 3.73. The summed E-state index contributed by atoms with van der Waals surface area (Å²) in [7, 11) is 0. The van der Waals surface area contributed by atoms with Gasteiger partial charge < -0.3 is 21.7 Å². The molecule has 5 N–H and O–H groups in total. The number of nitrogens with zero attached hydrogens (tertiary/aromatic N) is 1. The summed E-state index contributed by atoms with van der Waals surface area (Å²) < 4.78 is 38.1. The highest BCUT2D eigenvalue weighted by atomic mass is 19.4. The second-order valence-electron chi connectivity index (χ2n) is 5.78. The maximum atomic E-state index is 12.7. The fourth-order valence-electron chi connectivity index (χ4n) is 2.36. The average Bonchev–Trinajstić information content (AvgIpc) is 2.60. The Morgan fingerprint density at radius 3 is 2.31 bits per heavy atom. The molecule has 2 rings (SSSR count). The van der Waals surface area contributed by atoms with E-state index in [1.54, 1.807) is 18.2 Å². The quantitative estimate of drug-likeness (QED) is 0.408. The molecule has 0 bridgehead atoms. The number of nitro benzene ring substituents is 1. The second-order valence-corrected chi connectivity index (χ2v) is 5.78. The zero-order valence-electron chi connectivity index (χ0n) is 14.7. The van der Waals surface area contributed by atoms with Crippen LogP contribution in [0.15, 0.2) is 42.5 Å². The third-order valence-corrected chi connectivity index (χ3v) is 3.60. The molecule has 0 saturated carbocycles. The van der Waals surface area contributed by atoms with Gasteiger partial charge in [-0.1, -0.05) is 6.07 Å². The summed E-state index contributed by atoms with van der Waals surface area (Å²) in [4.78, 5) is 32.9. The maximum absolute atomic E-state index is 12.7. The minimum absolute atomic E-state index is 0.0583. The van der Waals surface area contributed by atoms with E-state index in [1.165, 1.54) is 6.07 Å². The first-order chi connectivity index (χ1) is 13.6. The number of carbonyl (C=O) groups excluding carboxylic acids is 2. The van der Waals surface area contributed by atoms with Gasteiger partial charge in [-0.2, -0.15) is 13.2 Å². The SMILES string of the molecule is NC(=O)Nc1cccc(NC(=O)CCNc2ccc(C(F)(F)F)cc2[N+](=O)[O-])c1. The second kappa shape index (κ2) is 8.91. The summed E-state index contributed by atoms with van der Waals surface area (Å²) in [6.45, 7) is -0.0583. The molecule has 0 heterocycles. The number of hydrogen-bond donors (Lipinski definition) is 4. The number of hydrogen-bond acceptors (Lipinski definition) is 5. The Hall–Kier alpha value is -3.83. The first-order valence-corrected chi connectivity index (χ1v) is 8.12. The van der Waals surface area contributed by atoms with Crippen molar-refractivity contribution in [3.63, 3.8) is 0 Å². The van der Waals surface area contributed by atoms with E-state index in [4.69, 9.17) is 5.73 Å². The van der Waals surface area contributed by atoms with Crippen molar-refractivity contribution in [2.24, 2.45) is 5.73 Å². The normalized spacial score (nSPS) is 10.9.